The highest BCUT2D eigenvalue weighted by Crippen LogP contribution is 2.15. The number of pyridine rings is 1. The maximum Gasteiger partial charge on any atom is 0.119 e. The van der Waals surface area contributed by atoms with Gasteiger partial charge in [0.25, 0.3) is 0 Å². The zero-order chi connectivity index (χ0) is 6.85. The van der Waals surface area contributed by atoms with Crippen LogP contribution in [0.1, 0.15) is 5.56 Å². The van der Waals surface area contributed by atoms with E-state index >= 15 is 0 Å². The van der Waals surface area contributed by atoms with Crippen LogP contribution in [0.5, 0.6) is 0 Å². The molecular formula is C6H5BrIN. The number of aromatic nitrogens is 1. The summed E-state index contributed by atoms with van der Waals surface area (Å²) in [6.07, 6.45) is 1.84. The van der Waals surface area contributed by atoms with E-state index in [1.54, 1.807) is 0 Å². The van der Waals surface area contributed by atoms with Crippen LogP contribution in [0.2, 0.25) is 0 Å². The fourth-order valence-corrected chi connectivity index (χ4v) is 1.36. The van der Waals surface area contributed by atoms with Gasteiger partial charge in [0.15, 0.2) is 0 Å². The molecule has 1 heterocycles. The lowest BCUT2D eigenvalue weighted by Crippen LogP contribution is -1.81. The van der Waals surface area contributed by atoms with E-state index in [4.69, 9.17) is 0 Å². The molecule has 0 aliphatic rings. The normalized spacial score (nSPS) is 9.67. The van der Waals surface area contributed by atoms with Gasteiger partial charge in [-0.25, -0.2) is 4.98 Å². The van der Waals surface area contributed by atoms with Crippen molar-refractivity contribution in [1.29, 1.82) is 0 Å². The van der Waals surface area contributed by atoms with E-state index in [2.05, 4.69) is 49.6 Å². The standard InChI is InChI=1S/C6H5BrIN/c1-4-2-5(8)6(7)9-3-4/h2-3H,1H3. The second-order valence-electron chi connectivity index (χ2n) is 1.79. The Hall–Kier alpha value is 0.360. The van der Waals surface area contributed by atoms with Gasteiger partial charge in [-0.1, -0.05) is 0 Å². The van der Waals surface area contributed by atoms with E-state index in [0.29, 0.717) is 0 Å². The Balaban J connectivity index is 3.17. The molecular weight excluding hydrogens is 293 g/mol. The smallest absolute Gasteiger partial charge is 0.119 e. The van der Waals surface area contributed by atoms with E-state index in [9.17, 15) is 0 Å². The van der Waals surface area contributed by atoms with Gasteiger partial charge in [-0.3, -0.25) is 0 Å². The van der Waals surface area contributed by atoms with Crippen LogP contribution in [-0.2, 0) is 0 Å². The third-order valence-corrected chi connectivity index (χ3v) is 3.13. The van der Waals surface area contributed by atoms with E-state index in [1.807, 2.05) is 13.1 Å². The quantitative estimate of drug-likeness (QED) is 0.530. The Morgan fingerprint density at radius 3 is 2.78 bits per heavy atom. The Morgan fingerprint density at radius 2 is 2.33 bits per heavy atom. The van der Waals surface area contributed by atoms with Crippen LogP contribution in [0, 0.1) is 10.5 Å². The molecule has 0 bridgehead atoms. The molecule has 48 valence electrons. The second-order valence-corrected chi connectivity index (χ2v) is 3.70. The van der Waals surface area contributed by atoms with E-state index in [0.717, 1.165) is 8.17 Å². The molecule has 0 aliphatic carbocycles. The van der Waals surface area contributed by atoms with Crippen molar-refractivity contribution in [3.63, 3.8) is 0 Å². The lowest BCUT2D eigenvalue weighted by molar-refractivity contribution is 1.21. The van der Waals surface area contributed by atoms with Crippen LogP contribution in [-0.4, -0.2) is 4.98 Å². The molecule has 1 rings (SSSR count). The summed E-state index contributed by atoms with van der Waals surface area (Å²) in [5, 5.41) is 0. The molecule has 9 heavy (non-hydrogen) atoms. The predicted octanol–water partition coefficient (Wildman–Crippen LogP) is 2.76. The largest absolute Gasteiger partial charge is 0.248 e. The summed E-state index contributed by atoms with van der Waals surface area (Å²) >= 11 is 5.55. The van der Waals surface area contributed by atoms with Gasteiger partial charge in [0.05, 0.1) is 0 Å². The summed E-state index contributed by atoms with van der Waals surface area (Å²) in [6.45, 7) is 2.03. The SMILES string of the molecule is Cc1cnc(Br)c(I)c1. The lowest BCUT2D eigenvalue weighted by atomic mass is 10.3. The Kier molecular flexibility index (Phi) is 2.46. The minimum absolute atomic E-state index is 0.925. The molecule has 0 aromatic carbocycles. The van der Waals surface area contributed by atoms with Gasteiger partial charge in [-0.05, 0) is 57.1 Å². The molecule has 1 aromatic rings. The van der Waals surface area contributed by atoms with Crippen LogP contribution in [0.15, 0.2) is 16.9 Å². The van der Waals surface area contributed by atoms with Gasteiger partial charge in [-0.2, -0.15) is 0 Å². The van der Waals surface area contributed by atoms with Crippen molar-refractivity contribution in [3.05, 3.63) is 26.0 Å². The first kappa shape index (κ1) is 7.47. The molecule has 1 aromatic heterocycles. The van der Waals surface area contributed by atoms with Gasteiger partial charge in [0.2, 0.25) is 0 Å². The van der Waals surface area contributed by atoms with E-state index in [-0.39, 0.29) is 0 Å². The first-order valence-electron chi connectivity index (χ1n) is 2.48. The average Bonchev–Trinajstić information content (AvgIpc) is 1.80. The van der Waals surface area contributed by atoms with Gasteiger partial charge < -0.3 is 0 Å². The molecule has 0 N–H and O–H groups in total. The zero-order valence-corrected chi connectivity index (χ0v) is 8.60. The molecule has 0 fully saturated rings. The maximum atomic E-state index is 4.09. The fourth-order valence-electron chi connectivity index (χ4n) is 0.517. The number of aryl methyl sites for hydroxylation is 1. The lowest BCUT2D eigenvalue weighted by Gasteiger charge is -1.94. The van der Waals surface area contributed by atoms with Crippen LogP contribution in [0.25, 0.3) is 0 Å². The first-order chi connectivity index (χ1) is 4.20. The number of hydrogen-bond donors (Lipinski definition) is 0. The second kappa shape index (κ2) is 2.96. The van der Waals surface area contributed by atoms with Crippen LogP contribution >= 0.6 is 38.5 Å². The average molecular weight is 298 g/mol. The Morgan fingerprint density at radius 1 is 1.67 bits per heavy atom. The number of halogens is 2. The number of nitrogens with zero attached hydrogens (tertiary/aromatic N) is 1. The van der Waals surface area contributed by atoms with Crippen molar-refractivity contribution in [2.24, 2.45) is 0 Å². The van der Waals surface area contributed by atoms with Gasteiger partial charge >= 0.3 is 0 Å². The van der Waals surface area contributed by atoms with Crippen molar-refractivity contribution >= 4 is 38.5 Å². The topological polar surface area (TPSA) is 12.9 Å². The van der Waals surface area contributed by atoms with Gasteiger partial charge in [-0.15, -0.1) is 0 Å². The van der Waals surface area contributed by atoms with Crippen molar-refractivity contribution in [2.45, 2.75) is 6.92 Å². The van der Waals surface area contributed by atoms with Crippen molar-refractivity contribution in [1.82, 2.24) is 4.98 Å². The maximum absolute atomic E-state index is 4.09. The third kappa shape index (κ3) is 1.89. The van der Waals surface area contributed by atoms with Crippen molar-refractivity contribution in [3.8, 4) is 0 Å². The van der Waals surface area contributed by atoms with Gasteiger partial charge in [0.1, 0.15) is 4.60 Å². The molecule has 0 spiro atoms. The van der Waals surface area contributed by atoms with Crippen LogP contribution < -0.4 is 0 Å². The van der Waals surface area contributed by atoms with Crippen molar-refractivity contribution < 1.29 is 0 Å². The minimum atomic E-state index is 0.925. The summed E-state index contributed by atoms with van der Waals surface area (Å²) in [4.78, 5) is 4.09. The highest BCUT2D eigenvalue weighted by atomic mass is 127. The predicted molar refractivity (Wildman–Crippen MR) is 49.4 cm³/mol. The monoisotopic (exact) mass is 297 g/mol. The number of hydrogen-bond acceptors (Lipinski definition) is 1. The summed E-state index contributed by atoms with van der Waals surface area (Å²) in [6, 6.07) is 2.08. The summed E-state index contributed by atoms with van der Waals surface area (Å²) in [5.41, 5.74) is 1.20. The van der Waals surface area contributed by atoms with E-state index in [1.165, 1.54) is 5.56 Å². The first-order valence-corrected chi connectivity index (χ1v) is 4.35. The highest BCUT2D eigenvalue weighted by molar-refractivity contribution is 14.1. The molecule has 0 saturated carbocycles. The Bertz CT molecular complexity index is 224. The molecule has 0 atom stereocenters. The molecule has 0 saturated heterocycles. The zero-order valence-electron chi connectivity index (χ0n) is 4.86. The molecule has 0 amide bonds. The third-order valence-electron chi connectivity index (χ3n) is 0.933. The minimum Gasteiger partial charge on any atom is -0.248 e. The highest BCUT2D eigenvalue weighted by Gasteiger charge is 1.94. The van der Waals surface area contributed by atoms with Gasteiger partial charge in [0, 0.05) is 9.77 Å². The van der Waals surface area contributed by atoms with Crippen molar-refractivity contribution in [2.75, 3.05) is 0 Å². The Labute approximate surface area is 76.1 Å². The number of rotatable bonds is 0. The van der Waals surface area contributed by atoms with E-state index < -0.39 is 0 Å². The summed E-state index contributed by atoms with van der Waals surface area (Å²) < 4.78 is 2.08. The summed E-state index contributed by atoms with van der Waals surface area (Å²) in [7, 11) is 0. The van der Waals surface area contributed by atoms with Crippen LogP contribution in [0.4, 0.5) is 0 Å². The summed E-state index contributed by atoms with van der Waals surface area (Å²) in [5.74, 6) is 0. The molecule has 0 aliphatic heterocycles. The molecule has 1 nitrogen and oxygen atoms in total. The van der Waals surface area contributed by atoms with Crippen LogP contribution in [0.3, 0.4) is 0 Å². The molecule has 3 heteroatoms. The fraction of sp³-hybridized carbons (Fsp3) is 0.167. The molecule has 0 radical (unpaired) electrons. The molecule has 0 unspecified atom stereocenters.